The van der Waals surface area contributed by atoms with Crippen molar-refractivity contribution in [2.24, 2.45) is 15.1 Å². The topological polar surface area (TPSA) is 81.7 Å². The van der Waals surface area contributed by atoms with Gasteiger partial charge < -0.3 is 0 Å². The van der Waals surface area contributed by atoms with Gasteiger partial charge in [0.1, 0.15) is 16.2 Å². The van der Waals surface area contributed by atoms with Crippen molar-refractivity contribution in [2.75, 3.05) is 0 Å². The zero-order valence-electron chi connectivity index (χ0n) is 15.3. The Morgan fingerprint density at radius 3 is 2.89 bits per heavy atom. The van der Waals surface area contributed by atoms with E-state index >= 15 is 0 Å². The lowest BCUT2D eigenvalue weighted by atomic mass is 9.42. The van der Waals surface area contributed by atoms with Crippen LogP contribution < -0.4 is 0 Å². The van der Waals surface area contributed by atoms with Crippen LogP contribution in [0.1, 0.15) is 37.5 Å². The van der Waals surface area contributed by atoms with Crippen LogP contribution in [0.2, 0.25) is 12.6 Å². The van der Waals surface area contributed by atoms with E-state index in [1.54, 1.807) is 16.0 Å². The molecule has 5 rings (SSSR count). The molecule has 1 saturated heterocycles. The number of nitrogens with zero attached hydrogens (tertiary/aromatic N) is 7. The smallest absolute Gasteiger partial charge is 0.247 e. The largest absolute Gasteiger partial charge is 0.318 e. The quantitative estimate of drug-likeness (QED) is 0.559. The molecule has 0 amide bonds. The Hall–Kier alpha value is -2.60. The minimum absolute atomic E-state index is 0.156. The number of aromatic nitrogens is 2. The molecule has 0 radical (unpaired) electrons. The summed E-state index contributed by atoms with van der Waals surface area (Å²) in [5, 5.41) is 19.5. The number of hydrogen-bond acceptors (Lipinski definition) is 6. The molecule has 27 heavy (non-hydrogen) atoms. The molecule has 3 aliphatic rings. The second-order valence-corrected chi connectivity index (χ2v) is 8.53. The predicted octanol–water partition coefficient (Wildman–Crippen LogP) is 3.88. The van der Waals surface area contributed by atoms with Crippen molar-refractivity contribution in [1.82, 2.24) is 9.78 Å². The minimum atomic E-state index is -0.156. The summed E-state index contributed by atoms with van der Waals surface area (Å²) in [4.78, 5) is 11.6. The third kappa shape index (κ3) is 2.84. The van der Waals surface area contributed by atoms with Gasteiger partial charge in [0.25, 0.3) is 6.71 Å². The van der Waals surface area contributed by atoms with Crippen LogP contribution in [-0.4, -0.2) is 39.0 Å². The van der Waals surface area contributed by atoms with Crippen molar-refractivity contribution < 1.29 is 4.70 Å². The highest BCUT2D eigenvalue weighted by atomic mass is 32.1. The van der Waals surface area contributed by atoms with E-state index in [1.807, 2.05) is 30.9 Å². The van der Waals surface area contributed by atoms with Gasteiger partial charge in [-0.1, -0.05) is 30.2 Å². The summed E-state index contributed by atoms with van der Waals surface area (Å²) >= 11 is 1.76. The van der Waals surface area contributed by atoms with Crippen molar-refractivity contribution >= 4 is 39.9 Å². The molecular weight excluding hydrogens is 357 g/mol. The van der Waals surface area contributed by atoms with E-state index in [2.05, 4.69) is 27.1 Å². The van der Waals surface area contributed by atoms with Gasteiger partial charge in [-0.25, -0.2) is 10.3 Å². The van der Waals surface area contributed by atoms with Crippen LogP contribution >= 0.6 is 11.3 Å². The second kappa shape index (κ2) is 6.24. The maximum Gasteiger partial charge on any atom is 0.318 e. The van der Waals surface area contributed by atoms with Crippen LogP contribution in [0.4, 0.5) is 0 Å². The highest BCUT2D eigenvalue weighted by Crippen LogP contribution is 2.39. The molecule has 1 atom stereocenters. The van der Waals surface area contributed by atoms with E-state index < -0.39 is 0 Å². The van der Waals surface area contributed by atoms with E-state index in [1.165, 1.54) is 4.88 Å². The summed E-state index contributed by atoms with van der Waals surface area (Å²) in [6.45, 7) is 4.18. The first-order valence-corrected chi connectivity index (χ1v) is 10.1. The number of aliphatic imine (C=N–C) groups is 2. The van der Waals surface area contributed by atoms with E-state index in [0.29, 0.717) is 11.9 Å². The fourth-order valence-corrected chi connectivity index (χ4v) is 5.22. The third-order valence-electron chi connectivity index (χ3n) is 5.47. The van der Waals surface area contributed by atoms with Gasteiger partial charge in [-0.3, -0.25) is 0 Å². The van der Waals surface area contributed by atoms with Gasteiger partial charge in [0, 0.05) is 27.5 Å². The molecule has 3 aliphatic heterocycles. The first-order valence-electron chi connectivity index (χ1n) is 9.31. The lowest BCUT2D eigenvalue weighted by molar-refractivity contribution is -0.537. The van der Waals surface area contributed by atoms with Crippen LogP contribution in [0.25, 0.3) is 10.2 Å². The molecule has 134 valence electrons. The van der Waals surface area contributed by atoms with Gasteiger partial charge in [-0.05, 0) is 25.8 Å². The van der Waals surface area contributed by atoms with Crippen molar-refractivity contribution in [3.63, 3.8) is 0 Å². The molecule has 0 spiro atoms. The molecule has 1 unspecified atom stereocenters. The van der Waals surface area contributed by atoms with E-state index in [4.69, 9.17) is 10.4 Å². The highest BCUT2D eigenvalue weighted by molar-refractivity contribution is 7.18. The maximum absolute atomic E-state index is 9.08. The molecule has 0 N–H and O–H groups in total. The third-order valence-corrected chi connectivity index (χ3v) is 6.67. The van der Waals surface area contributed by atoms with Gasteiger partial charge >= 0.3 is 12.1 Å². The summed E-state index contributed by atoms with van der Waals surface area (Å²) in [6, 6.07) is 2.25. The number of azo groups is 2. The second-order valence-electron chi connectivity index (χ2n) is 7.47. The summed E-state index contributed by atoms with van der Waals surface area (Å²) in [6.07, 6.45) is 8.00. The molecule has 2 aromatic heterocycles. The zero-order valence-corrected chi connectivity index (χ0v) is 16.1. The minimum Gasteiger partial charge on any atom is -0.247 e. The highest BCUT2D eigenvalue weighted by Gasteiger charge is 2.36. The van der Waals surface area contributed by atoms with Crippen LogP contribution in [-0.2, 0) is 0 Å². The number of fused-ring (bicyclic) bond motifs is 2. The summed E-state index contributed by atoms with van der Waals surface area (Å²) in [7, 11) is 0. The van der Waals surface area contributed by atoms with Crippen molar-refractivity contribution in [3.05, 3.63) is 29.0 Å². The van der Waals surface area contributed by atoms with Crippen LogP contribution in [0, 0.1) is 11.2 Å². The van der Waals surface area contributed by atoms with Crippen molar-refractivity contribution in [3.8, 4) is 5.97 Å². The van der Waals surface area contributed by atoms with Gasteiger partial charge in [-0.2, -0.15) is 14.8 Å². The number of allylic oxidation sites excluding steroid dienone is 1. The molecule has 2 aromatic rings. The van der Waals surface area contributed by atoms with E-state index in [0.717, 1.165) is 47.1 Å². The van der Waals surface area contributed by atoms with Crippen LogP contribution in [0.5, 0.6) is 0 Å². The fourth-order valence-electron chi connectivity index (χ4n) is 4.05. The molecular formula is C18H19BN7S+. The van der Waals surface area contributed by atoms with Crippen molar-refractivity contribution in [1.29, 1.82) is 5.26 Å². The van der Waals surface area contributed by atoms with Gasteiger partial charge in [0.05, 0.1) is 0 Å². The maximum atomic E-state index is 9.08. The number of thiophene rings is 1. The molecule has 0 aromatic carbocycles. The number of rotatable bonds is 1. The fraction of sp³-hybridized carbons (Fsp3) is 0.444. The monoisotopic (exact) mass is 376 g/mol. The van der Waals surface area contributed by atoms with E-state index in [9.17, 15) is 0 Å². The lowest BCUT2D eigenvalue weighted by Gasteiger charge is -2.21. The summed E-state index contributed by atoms with van der Waals surface area (Å²) in [5.74, 6) is 3.57. The van der Waals surface area contributed by atoms with Gasteiger partial charge in [0.2, 0.25) is 6.20 Å². The molecule has 5 heterocycles. The molecule has 9 heteroatoms. The first-order chi connectivity index (χ1) is 13.1. The number of nitriles is 1. The Morgan fingerprint density at radius 1 is 1.33 bits per heavy atom. The number of hydrogen-bond donors (Lipinski definition) is 0. The predicted molar refractivity (Wildman–Crippen MR) is 107 cm³/mol. The molecule has 0 bridgehead atoms. The molecule has 7 nitrogen and oxygen atoms in total. The first kappa shape index (κ1) is 16.6. The summed E-state index contributed by atoms with van der Waals surface area (Å²) in [5.41, 5.74) is 1.87. The Labute approximate surface area is 161 Å². The SMILES string of the molecule is CC1=C[N+]2=NC(n3cc4cc(C5CCB(C#N)CC5)sc4n3)=NC2C(C)=N1. The Kier molecular flexibility index (Phi) is 3.83. The lowest BCUT2D eigenvalue weighted by Crippen LogP contribution is -2.26. The normalized spacial score (nSPS) is 22.9. The molecule has 1 fully saturated rings. The molecule has 0 saturated carbocycles. The van der Waals surface area contributed by atoms with Gasteiger partial charge in [-0.15, -0.1) is 11.3 Å². The zero-order chi connectivity index (χ0) is 18.5. The standard InChI is InChI=1S/C18H19BN7S/c1-11-8-25-16(12(2)21-11)22-18(24-25)26-9-14-7-15(27-17(14)23-26)13-3-5-19(10-20)6-4-13/h7-9,13,16H,3-6H2,1-2H3/q+1. The average Bonchev–Trinajstić information content (AvgIpc) is 3.33. The Morgan fingerprint density at radius 2 is 2.15 bits per heavy atom. The summed E-state index contributed by atoms with van der Waals surface area (Å²) < 4.78 is 3.62. The van der Waals surface area contributed by atoms with Crippen LogP contribution in [0.3, 0.4) is 0 Å². The Balaban J connectivity index is 1.40. The van der Waals surface area contributed by atoms with Crippen LogP contribution in [0.15, 0.2) is 39.3 Å². The van der Waals surface area contributed by atoms with E-state index in [-0.39, 0.29) is 12.9 Å². The molecule has 0 aliphatic carbocycles. The van der Waals surface area contributed by atoms with Gasteiger partial charge in [0.15, 0.2) is 0 Å². The van der Waals surface area contributed by atoms with Crippen molar-refractivity contribution in [2.45, 2.75) is 51.4 Å². The Bertz CT molecular complexity index is 1060. The average molecular weight is 376 g/mol.